The number of benzene rings is 3. The van der Waals surface area contributed by atoms with Gasteiger partial charge in [0.05, 0.1) is 12.1 Å². The van der Waals surface area contributed by atoms with Gasteiger partial charge in [0, 0.05) is 35.5 Å². The van der Waals surface area contributed by atoms with E-state index in [9.17, 15) is 23.5 Å². The molecular formula is C27H23Cl2F2NO5. The van der Waals surface area contributed by atoms with Crippen LogP contribution in [0.15, 0.2) is 48.5 Å². The lowest BCUT2D eigenvalue weighted by Gasteiger charge is -2.24. The number of amides is 1. The average molecular weight is 550 g/mol. The highest BCUT2D eigenvalue weighted by atomic mass is 35.5. The van der Waals surface area contributed by atoms with Crippen LogP contribution in [0, 0.1) is 11.6 Å². The van der Waals surface area contributed by atoms with Crippen molar-refractivity contribution in [3.8, 4) is 11.5 Å². The van der Waals surface area contributed by atoms with Crippen molar-refractivity contribution < 1.29 is 33.0 Å². The van der Waals surface area contributed by atoms with Crippen LogP contribution in [-0.4, -0.2) is 41.1 Å². The smallest absolute Gasteiger partial charge is 0.323 e. The molecule has 0 bridgehead atoms. The summed E-state index contributed by atoms with van der Waals surface area (Å²) in [6.07, 6.45) is 0.767. The highest BCUT2D eigenvalue weighted by molar-refractivity contribution is 6.31. The van der Waals surface area contributed by atoms with Gasteiger partial charge in [-0.15, -0.1) is 0 Å². The van der Waals surface area contributed by atoms with Crippen molar-refractivity contribution in [1.29, 1.82) is 0 Å². The van der Waals surface area contributed by atoms with Gasteiger partial charge in [-0.2, -0.15) is 0 Å². The number of carboxylic acid groups (broad SMARTS) is 1. The molecule has 194 valence electrons. The lowest BCUT2D eigenvalue weighted by molar-refractivity contribution is -0.137. The molecule has 37 heavy (non-hydrogen) atoms. The topological polar surface area (TPSA) is 76.1 Å². The minimum absolute atomic E-state index is 0.0298. The molecule has 0 aromatic heterocycles. The fourth-order valence-corrected chi connectivity index (χ4v) is 4.79. The normalized spacial score (nSPS) is 16.2. The van der Waals surface area contributed by atoms with Crippen molar-refractivity contribution in [2.24, 2.45) is 0 Å². The van der Waals surface area contributed by atoms with E-state index in [1.165, 1.54) is 37.4 Å². The minimum Gasteiger partial charge on any atom is -0.493 e. The fourth-order valence-electron chi connectivity index (χ4n) is 4.45. The monoisotopic (exact) mass is 549 g/mol. The quantitative estimate of drug-likeness (QED) is 0.376. The molecule has 10 heteroatoms. The van der Waals surface area contributed by atoms with Crippen molar-refractivity contribution in [3.05, 3.63) is 92.5 Å². The molecule has 0 saturated heterocycles. The van der Waals surface area contributed by atoms with Crippen LogP contribution in [0.2, 0.25) is 10.0 Å². The van der Waals surface area contributed by atoms with Gasteiger partial charge in [-0.1, -0.05) is 35.3 Å². The molecule has 0 fully saturated rings. The van der Waals surface area contributed by atoms with Crippen LogP contribution in [-0.2, 0) is 24.2 Å². The average Bonchev–Trinajstić information content (AvgIpc) is 3.17. The molecule has 0 radical (unpaired) electrons. The largest absolute Gasteiger partial charge is 0.493 e. The van der Waals surface area contributed by atoms with E-state index in [1.807, 2.05) is 6.92 Å². The summed E-state index contributed by atoms with van der Waals surface area (Å²) in [6, 6.07) is 11.4. The third-order valence-electron chi connectivity index (χ3n) is 6.06. The molecule has 1 amide bonds. The molecule has 1 aliphatic heterocycles. The number of halogens is 4. The Hall–Kier alpha value is -3.36. The predicted octanol–water partition coefficient (Wildman–Crippen LogP) is 5.94. The molecule has 0 saturated carbocycles. The first-order chi connectivity index (χ1) is 17.5. The number of carbonyl (C=O) groups excluding carboxylic acids is 1. The van der Waals surface area contributed by atoms with Crippen LogP contribution >= 0.6 is 23.2 Å². The zero-order valence-electron chi connectivity index (χ0n) is 20.0. The summed E-state index contributed by atoms with van der Waals surface area (Å²) in [4.78, 5) is 26.1. The number of hydrogen-bond acceptors (Lipinski definition) is 4. The van der Waals surface area contributed by atoms with E-state index in [-0.39, 0.29) is 22.2 Å². The summed E-state index contributed by atoms with van der Waals surface area (Å²) in [5.74, 6) is -2.09. The van der Waals surface area contributed by atoms with Crippen molar-refractivity contribution in [2.45, 2.75) is 31.9 Å². The second kappa shape index (κ2) is 10.6. The first-order valence-electron chi connectivity index (χ1n) is 11.3. The molecule has 0 aliphatic carbocycles. The standard InChI is InChI=1S/C27H23Cl2F2NO5/c1-27(11-15-3-6-20(28)22(31)7-15)12-18-8-17(9-23(36-2)25(18)37-27)26(35)32(14-24(33)34)13-16-4-5-19(30)10-21(16)29/h3-10H,11-14H2,1-2H3,(H,33,34). The second-order valence-corrected chi connectivity index (χ2v) is 9.93. The molecule has 1 unspecified atom stereocenters. The van der Waals surface area contributed by atoms with Gasteiger partial charge in [0.15, 0.2) is 11.5 Å². The van der Waals surface area contributed by atoms with Crippen molar-refractivity contribution in [3.63, 3.8) is 0 Å². The Bertz CT molecular complexity index is 1380. The maximum absolute atomic E-state index is 14.0. The third kappa shape index (κ3) is 5.97. The lowest BCUT2D eigenvalue weighted by Crippen LogP contribution is -2.35. The molecule has 1 aliphatic rings. The zero-order valence-corrected chi connectivity index (χ0v) is 21.5. The molecule has 4 rings (SSSR count). The molecule has 3 aromatic rings. The van der Waals surface area contributed by atoms with Crippen LogP contribution in [0.4, 0.5) is 8.78 Å². The Morgan fingerprint density at radius 2 is 1.86 bits per heavy atom. The summed E-state index contributed by atoms with van der Waals surface area (Å²) in [5, 5.41) is 9.52. The number of nitrogens with zero attached hydrogens (tertiary/aromatic N) is 1. The third-order valence-corrected chi connectivity index (χ3v) is 6.72. The van der Waals surface area contributed by atoms with E-state index in [4.69, 9.17) is 32.7 Å². The van der Waals surface area contributed by atoms with Gasteiger partial charge >= 0.3 is 5.97 Å². The molecule has 1 N–H and O–H groups in total. The number of fused-ring (bicyclic) bond motifs is 1. The SMILES string of the molecule is COc1cc(C(=O)N(CC(=O)O)Cc2ccc(F)cc2Cl)cc2c1OC(C)(Cc1ccc(Cl)c(F)c1)C2. The molecule has 1 heterocycles. The fraction of sp³-hybridized carbons (Fsp3) is 0.259. The summed E-state index contributed by atoms with van der Waals surface area (Å²) >= 11 is 11.9. The zero-order chi connectivity index (χ0) is 26.9. The molecular weight excluding hydrogens is 527 g/mol. The number of ether oxygens (including phenoxy) is 2. The van der Waals surface area contributed by atoms with Gasteiger partial charge in [-0.25, -0.2) is 8.78 Å². The Kier molecular flexibility index (Phi) is 7.62. The minimum atomic E-state index is -1.22. The maximum atomic E-state index is 14.0. The Morgan fingerprint density at radius 1 is 1.11 bits per heavy atom. The first kappa shape index (κ1) is 26.7. The summed E-state index contributed by atoms with van der Waals surface area (Å²) in [7, 11) is 1.44. The van der Waals surface area contributed by atoms with E-state index in [1.54, 1.807) is 12.1 Å². The van der Waals surface area contributed by atoms with E-state index in [0.29, 0.717) is 41.0 Å². The van der Waals surface area contributed by atoms with Gasteiger partial charge < -0.3 is 19.5 Å². The van der Waals surface area contributed by atoms with Gasteiger partial charge in [0.25, 0.3) is 5.91 Å². The Morgan fingerprint density at radius 3 is 2.51 bits per heavy atom. The van der Waals surface area contributed by atoms with Crippen LogP contribution in [0.1, 0.15) is 34.0 Å². The van der Waals surface area contributed by atoms with Gasteiger partial charge in [0.2, 0.25) is 0 Å². The number of aliphatic carboxylic acids is 1. The Labute approximate surface area is 222 Å². The highest BCUT2D eigenvalue weighted by Crippen LogP contribution is 2.44. The van der Waals surface area contributed by atoms with Crippen molar-refractivity contribution >= 4 is 35.1 Å². The predicted molar refractivity (Wildman–Crippen MR) is 135 cm³/mol. The van der Waals surface area contributed by atoms with Crippen LogP contribution in [0.3, 0.4) is 0 Å². The van der Waals surface area contributed by atoms with Crippen LogP contribution < -0.4 is 9.47 Å². The Balaban J connectivity index is 1.62. The summed E-state index contributed by atoms with van der Waals surface area (Å²) in [6.45, 7) is 1.13. The van der Waals surface area contributed by atoms with E-state index >= 15 is 0 Å². The molecule has 6 nitrogen and oxygen atoms in total. The van der Waals surface area contributed by atoms with E-state index in [2.05, 4.69) is 0 Å². The van der Waals surface area contributed by atoms with E-state index in [0.717, 1.165) is 11.0 Å². The van der Waals surface area contributed by atoms with Crippen molar-refractivity contribution in [2.75, 3.05) is 13.7 Å². The second-order valence-electron chi connectivity index (χ2n) is 9.11. The summed E-state index contributed by atoms with van der Waals surface area (Å²) in [5.41, 5.74) is 1.23. The van der Waals surface area contributed by atoms with Crippen molar-refractivity contribution in [1.82, 2.24) is 4.90 Å². The first-order valence-corrected chi connectivity index (χ1v) is 12.0. The number of rotatable bonds is 8. The van der Waals surface area contributed by atoms with Crippen LogP contribution in [0.5, 0.6) is 11.5 Å². The number of carboxylic acids is 1. The van der Waals surface area contributed by atoms with Crippen LogP contribution in [0.25, 0.3) is 0 Å². The van der Waals surface area contributed by atoms with Gasteiger partial charge in [0.1, 0.15) is 23.8 Å². The summed E-state index contributed by atoms with van der Waals surface area (Å²) < 4.78 is 39.1. The lowest BCUT2D eigenvalue weighted by atomic mass is 9.91. The van der Waals surface area contributed by atoms with Gasteiger partial charge in [-0.3, -0.25) is 9.59 Å². The van der Waals surface area contributed by atoms with Gasteiger partial charge in [-0.05, 0) is 54.4 Å². The number of carbonyl (C=O) groups is 2. The highest BCUT2D eigenvalue weighted by Gasteiger charge is 2.38. The maximum Gasteiger partial charge on any atom is 0.323 e. The molecule has 1 atom stereocenters. The molecule has 3 aromatic carbocycles. The number of hydrogen-bond donors (Lipinski definition) is 1. The molecule has 0 spiro atoms. The van der Waals surface area contributed by atoms with E-state index < -0.39 is 35.7 Å². The number of methoxy groups -OCH3 is 1.